The molecule has 9 heteroatoms. The predicted molar refractivity (Wildman–Crippen MR) is 101 cm³/mol. The number of hydrogen-bond donors (Lipinski definition) is 1. The summed E-state index contributed by atoms with van der Waals surface area (Å²) >= 11 is 0. The van der Waals surface area contributed by atoms with E-state index in [0.29, 0.717) is 43.1 Å². The van der Waals surface area contributed by atoms with Crippen LogP contribution < -0.4 is 11.2 Å². The Morgan fingerprint density at radius 3 is 2.62 bits per heavy atom. The van der Waals surface area contributed by atoms with Gasteiger partial charge in [0, 0.05) is 31.1 Å². The molecule has 0 spiro atoms. The summed E-state index contributed by atoms with van der Waals surface area (Å²) in [6.07, 6.45) is 3.02. The Balaban J connectivity index is 1.35. The highest BCUT2D eigenvalue weighted by Crippen LogP contribution is 2.40. The van der Waals surface area contributed by atoms with Crippen LogP contribution in [0.2, 0.25) is 0 Å². The van der Waals surface area contributed by atoms with Crippen molar-refractivity contribution < 1.29 is 13.7 Å². The molecule has 3 aromatic rings. The third-order valence-electron chi connectivity index (χ3n) is 5.74. The molecule has 1 aliphatic heterocycles. The van der Waals surface area contributed by atoms with E-state index in [1.54, 1.807) is 11.0 Å². The first-order valence-electron chi connectivity index (χ1n) is 9.71. The summed E-state index contributed by atoms with van der Waals surface area (Å²) in [6, 6.07) is 5.06. The average molecular weight is 398 g/mol. The van der Waals surface area contributed by atoms with E-state index in [0.717, 1.165) is 29.2 Å². The second-order valence-corrected chi connectivity index (χ2v) is 7.71. The van der Waals surface area contributed by atoms with Crippen LogP contribution in [0.4, 0.5) is 4.39 Å². The van der Waals surface area contributed by atoms with Crippen LogP contribution in [0.25, 0.3) is 10.9 Å². The van der Waals surface area contributed by atoms with Crippen molar-refractivity contribution in [3.05, 3.63) is 62.4 Å². The summed E-state index contributed by atoms with van der Waals surface area (Å²) in [5, 5.41) is 4.03. The zero-order valence-corrected chi connectivity index (χ0v) is 15.6. The van der Waals surface area contributed by atoms with E-state index in [9.17, 15) is 18.8 Å². The zero-order valence-electron chi connectivity index (χ0n) is 15.6. The first kappa shape index (κ1) is 17.8. The Kier molecular flexibility index (Phi) is 4.11. The summed E-state index contributed by atoms with van der Waals surface area (Å²) in [4.78, 5) is 42.2. The van der Waals surface area contributed by atoms with Gasteiger partial charge in [-0.25, -0.2) is 9.18 Å². The first-order chi connectivity index (χ1) is 14.0. The van der Waals surface area contributed by atoms with E-state index in [2.05, 4.69) is 10.1 Å². The number of carbonyl (C=O) groups excluding carboxylic acids is 1. The maximum atomic E-state index is 13.5. The van der Waals surface area contributed by atoms with Crippen LogP contribution in [0.5, 0.6) is 0 Å². The average Bonchev–Trinajstić information content (AvgIpc) is 3.45. The van der Waals surface area contributed by atoms with Crippen LogP contribution in [-0.4, -0.2) is 38.6 Å². The van der Waals surface area contributed by atoms with E-state index < -0.39 is 17.1 Å². The number of nitrogens with zero attached hydrogens (tertiary/aromatic N) is 3. The minimum Gasteiger partial charge on any atom is -0.360 e. The topological polar surface area (TPSA) is 101 Å². The number of hydrogen-bond acceptors (Lipinski definition) is 5. The molecule has 8 nitrogen and oxygen atoms in total. The largest absolute Gasteiger partial charge is 0.360 e. The summed E-state index contributed by atoms with van der Waals surface area (Å²) in [7, 11) is 0. The molecule has 1 amide bonds. The van der Waals surface area contributed by atoms with Crippen molar-refractivity contribution in [1.82, 2.24) is 19.6 Å². The van der Waals surface area contributed by atoms with Gasteiger partial charge in [-0.2, -0.15) is 0 Å². The van der Waals surface area contributed by atoms with Gasteiger partial charge in [0.2, 0.25) is 0 Å². The lowest BCUT2D eigenvalue weighted by atomic mass is 10.0. The molecular formula is C20H19FN4O4. The number of fused-ring (bicyclic) bond motifs is 1. The summed E-state index contributed by atoms with van der Waals surface area (Å²) < 4.78 is 19.9. The number of piperidine rings is 1. The molecule has 2 fully saturated rings. The quantitative estimate of drug-likeness (QED) is 0.729. The Bertz CT molecular complexity index is 1220. The van der Waals surface area contributed by atoms with Crippen molar-refractivity contribution in [1.29, 1.82) is 0 Å². The second kappa shape index (κ2) is 6.68. The normalized spacial score (nSPS) is 17.8. The van der Waals surface area contributed by atoms with E-state index >= 15 is 0 Å². The number of carbonyl (C=O) groups is 1. The van der Waals surface area contributed by atoms with Crippen LogP contribution in [0.1, 0.15) is 53.9 Å². The third-order valence-corrected chi connectivity index (χ3v) is 5.74. The van der Waals surface area contributed by atoms with Crippen molar-refractivity contribution in [3.63, 3.8) is 0 Å². The van der Waals surface area contributed by atoms with Gasteiger partial charge < -0.3 is 14.4 Å². The van der Waals surface area contributed by atoms with Crippen LogP contribution in [0, 0.1) is 5.82 Å². The maximum absolute atomic E-state index is 13.5. The molecule has 1 aliphatic carbocycles. The minimum absolute atomic E-state index is 0.137. The van der Waals surface area contributed by atoms with Crippen LogP contribution in [0.3, 0.4) is 0 Å². The van der Waals surface area contributed by atoms with Crippen molar-refractivity contribution >= 4 is 16.8 Å². The van der Waals surface area contributed by atoms with Crippen LogP contribution in [-0.2, 0) is 0 Å². The maximum Gasteiger partial charge on any atom is 0.329 e. The number of aromatic amines is 1. The molecule has 0 bridgehead atoms. The molecule has 2 aromatic heterocycles. The van der Waals surface area contributed by atoms with Crippen molar-refractivity contribution in [2.45, 2.75) is 37.6 Å². The highest BCUT2D eigenvalue weighted by atomic mass is 19.1. The molecule has 3 heterocycles. The summed E-state index contributed by atoms with van der Waals surface area (Å²) in [6.45, 7) is 0.782. The number of H-pyrrole nitrogens is 1. The van der Waals surface area contributed by atoms with E-state index in [1.807, 2.05) is 0 Å². The lowest BCUT2D eigenvalue weighted by Gasteiger charge is -2.32. The second-order valence-electron chi connectivity index (χ2n) is 7.71. The molecule has 0 unspecified atom stereocenters. The Hall–Kier alpha value is -3.23. The standard InChI is InChI=1S/C20H19FN4O4/c21-12-3-4-15-14(9-12)18(26)25(20(28)22-15)13-5-7-24(8-6-13)19(27)16-10-17(29-23-16)11-1-2-11/h3-4,9-11,13H,1-2,5-8H2,(H,22,28). The highest BCUT2D eigenvalue weighted by molar-refractivity contribution is 5.92. The molecule has 1 N–H and O–H groups in total. The molecule has 1 aromatic carbocycles. The van der Waals surface area contributed by atoms with Crippen LogP contribution in [0.15, 0.2) is 38.4 Å². The monoisotopic (exact) mass is 398 g/mol. The SMILES string of the molecule is O=C(c1cc(C2CC2)on1)N1CCC(n2c(=O)[nH]c3ccc(F)cc3c2=O)CC1. The zero-order chi connectivity index (χ0) is 20.1. The van der Waals surface area contributed by atoms with Gasteiger partial charge in [-0.3, -0.25) is 14.2 Å². The molecule has 2 aliphatic rings. The van der Waals surface area contributed by atoms with Gasteiger partial charge in [-0.15, -0.1) is 0 Å². The van der Waals surface area contributed by atoms with Crippen LogP contribution >= 0.6 is 0 Å². The molecule has 1 saturated heterocycles. The van der Waals surface area contributed by atoms with Gasteiger partial charge in [0.25, 0.3) is 11.5 Å². The van der Waals surface area contributed by atoms with E-state index in [1.165, 1.54) is 12.1 Å². The van der Waals surface area contributed by atoms with Gasteiger partial charge in [0.15, 0.2) is 5.69 Å². The highest BCUT2D eigenvalue weighted by Gasteiger charge is 2.31. The fraction of sp³-hybridized carbons (Fsp3) is 0.400. The minimum atomic E-state index is -0.535. The first-order valence-corrected chi connectivity index (χ1v) is 9.71. The predicted octanol–water partition coefficient (Wildman–Crippen LogP) is 2.17. The van der Waals surface area contributed by atoms with E-state index in [-0.39, 0.29) is 17.3 Å². The summed E-state index contributed by atoms with van der Waals surface area (Å²) in [5.74, 6) is 0.392. The van der Waals surface area contributed by atoms with Gasteiger partial charge >= 0.3 is 5.69 Å². The number of benzene rings is 1. The number of nitrogens with one attached hydrogen (secondary N) is 1. The van der Waals surface area contributed by atoms with Crippen molar-refractivity contribution in [3.8, 4) is 0 Å². The smallest absolute Gasteiger partial charge is 0.329 e. The third kappa shape index (κ3) is 3.16. The molecular weight excluding hydrogens is 379 g/mol. The fourth-order valence-corrected chi connectivity index (χ4v) is 3.97. The van der Waals surface area contributed by atoms with Gasteiger partial charge in [0.1, 0.15) is 11.6 Å². The number of aromatic nitrogens is 3. The number of rotatable bonds is 3. The fourth-order valence-electron chi connectivity index (χ4n) is 3.97. The Morgan fingerprint density at radius 1 is 1.14 bits per heavy atom. The molecule has 150 valence electrons. The van der Waals surface area contributed by atoms with Gasteiger partial charge in [-0.1, -0.05) is 5.16 Å². The molecule has 0 atom stereocenters. The molecule has 29 heavy (non-hydrogen) atoms. The lowest BCUT2D eigenvalue weighted by Crippen LogP contribution is -2.45. The Morgan fingerprint density at radius 2 is 1.90 bits per heavy atom. The van der Waals surface area contributed by atoms with Crippen molar-refractivity contribution in [2.24, 2.45) is 0 Å². The lowest BCUT2D eigenvalue weighted by molar-refractivity contribution is 0.0681. The number of likely N-dealkylation sites (tertiary alicyclic amines) is 1. The molecule has 1 saturated carbocycles. The summed E-state index contributed by atoms with van der Waals surface area (Å²) in [5.41, 5.74) is -0.438. The van der Waals surface area contributed by atoms with Crippen molar-refractivity contribution in [2.75, 3.05) is 13.1 Å². The number of halogens is 1. The molecule has 0 radical (unpaired) electrons. The van der Waals surface area contributed by atoms with E-state index in [4.69, 9.17) is 4.52 Å². The van der Waals surface area contributed by atoms with Gasteiger partial charge in [-0.05, 0) is 43.9 Å². The molecule has 5 rings (SSSR count). The Labute approximate surface area is 163 Å². The van der Waals surface area contributed by atoms with Gasteiger partial charge in [0.05, 0.1) is 10.9 Å². The number of amides is 1.